The van der Waals surface area contributed by atoms with E-state index >= 15 is 0 Å². The maximum absolute atomic E-state index is 10.5. The molecule has 0 atom stereocenters. The molecule has 0 rings (SSSR count). The van der Waals surface area contributed by atoms with Crippen molar-refractivity contribution < 1.29 is 14.6 Å². The third-order valence-electron chi connectivity index (χ3n) is 0.847. The minimum Gasteiger partial charge on any atom is -0.435 e. The van der Waals surface area contributed by atoms with Gasteiger partial charge in [-0.2, -0.15) is 0 Å². The average molecular weight is 144 g/mol. The largest absolute Gasteiger partial charge is 0.435 e. The van der Waals surface area contributed by atoms with Gasteiger partial charge in [-0.3, -0.25) is 4.79 Å². The summed E-state index contributed by atoms with van der Waals surface area (Å²) in [7, 11) is 0. The molecule has 0 amide bonds. The van der Waals surface area contributed by atoms with E-state index in [-0.39, 0.29) is 13.0 Å². The van der Waals surface area contributed by atoms with Gasteiger partial charge in [0.2, 0.25) is 0 Å². The van der Waals surface area contributed by atoms with E-state index in [1.54, 1.807) is 6.08 Å². The molecule has 0 saturated heterocycles. The standard InChI is InChI=1S/C7H12O3/c1-2-3-6-10-7(9)4-5-8/h3,6,8H,2,4-5H2,1H3. The van der Waals surface area contributed by atoms with Gasteiger partial charge in [0.15, 0.2) is 0 Å². The number of carbonyl (C=O) groups is 1. The lowest BCUT2D eigenvalue weighted by Crippen LogP contribution is -2.01. The van der Waals surface area contributed by atoms with Crippen LogP contribution in [0.25, 0.3) is 0 Å². The van der Waals surface area contributed by atoms with Crippen molar-refractivity contribution in [1.82, 2.24) is 0 Å². The van der Waals surface area contributed by atoms with Gasteiger partial charge in [-0.25, -0.2) is 0 Å². The molecule has 1 N–H and O–H groups in total. The van der Waals surface area contributed by atoms with Crippen molar-refractivity contribution in [2.75, 3.05) is 6.61 Å². The van der Waals surface area contributed by atoms with Gasteiger partial charge < -0.3 is 9.84 Å². The number of aliphatic hydroxyl groups is 1. The fourth-order valence-electron chi connectivity index (χ4n) is 0.370. The Morgan fingerprint density at radius 3 is 2.90 bits per heavy atom. The van der Waals surface area contributed by atoms with Gasteiger partial charge in [-0.1, -0.05) is 6.92 Å². The molecule has 0 aliphatic heterocycles. The molecule has 0 aliphatic carbocycles. The first-order valence-corrected chi connectivity index (χ1v) is 3.26. The molecule has 0 aromatic carbocycles. The van der Waals surface area contributed by atoms with Gasteiger partial charge in [-0.15, -0.1) is 0 Å². The van der Waals surface area contributed by atoms with Crippen LogP contribution >= 0.6 is 0 Å². The molecule has 58 valence electrons. The number of esters is 1. The van der Waals surface area contributed by atoms with Crippen molar-refractivity contribution in [3.8, 4) is 0 Å². The van der Waals surface area contributed by atoms with Crippen LogP contribution in [0.3, 0.4) is 0 Å². The Morgan fingerprint density at radius 2 is 2.40 bits per heavy atom. The highest BCUT2D eigenvalue weighted by Gasteiger charge is 1.96. The maximum atomic E-state index is 10.5. The van der Waals surface area contributed by atoms with E-state index in [2.05, 4.69) is 4.74 Å². The average Bonchev–Trinajstić information content (AvgIpc) is 1.89. The van der Waals surface area contributed by atoms with Gasteiger partial charge in [0.1, 0.15) is 0 Å². The lowest BCUT2D eigenvalue weighted by molar-refractivity contribution is -0.138. The molecule has 0 radical (unpaired) electrons. The topological polar surface area (TPSA) is 46.5 Å². The summed E-state index contributed by atoms with van der Waals surface area (Å²) in [6.45, 7) is 1.79. The van der Waals surface area contributed by atoms with Gasteiger partial charge in [0.25, 0.3) is 0 Å². The highest BCUT2D eigenvalue weighted by atomic mass is 16.5. The number of hydrogen-bond donors (Lipinski definition) is 1. The number of allylic oxidation sites excluding steroid dienone is 1. The molecule has 0 heterocycles. The molecule has 10 heavy (non-hydrogen) atoms. The van der Waals surface area contributed by atoms with Gasteiger partial charge in [-0.05, 0) is 12.5 Å². The normalized spacial score (nSPS) is 10.2. The van der Waals surface area contributed by atoms with Crippen LogP contribution in [-0.2, 0) is 9.53 Å². The van der Waals surface area contributed by atoms with Crippen LogP contribution in [0.1, 0.15) is 19.8 Å². The molecule has 0 bridgehead atoms. The van der Waals surface area contributed by atoms with Crippen LogP contribution in [0.15, 0.2) is 12.3 Å². The monoisotopic (exact) mass is 144 g/mol. The van der Waals surface area contributed by atoms with Crippen molar-refractivity contribution in [3.63, 3.8) is 0 Å². The Kier molecular flexibility index (Phi) is 5.77. The fraction of sp³-hybridized carbons (Fsp3) is 0.571. The molecular weight excluding hydrogens is 132 g/mol. The molecule has 0 aromatic heterocycles. The predicted molar refractivity (Wildman–Crippen MR) is 37.2 cm³/mol. The lowest BCUT2D eigenvalue weighted by Gasteiger charge is -1.93. The first-order valence-electron chi connectivity index (χ1n) is 3.26. The molecule has 0 saturated carbocycles. The van der Waals surface area contributed by atoms with Crippen LogP contribution < -0.4 is 0 Å². The number of carbonyl (C=O) groups excluding carboxylic acids is 1. The second kappa shape index (κ2) is 6.29. The van der Waals surface area contributed by atoms with E-state index in [9.17, 15) is 4.79 Å². The van der Waals surface area contributed by atoms with Gasteiger partial charge in [0, 0.05) is 0 Å². The smallest absolute Gasteiger partial charge is 0.312 e. The Balaban J connectivity index is 3.30. The quantitative estimate of drug-likeness (QED) is 0.469. The number of aliphatic hydroxyl groups excluding tert-OH is 1. The number of ether oxygens (including phenoxy) is 1. The maximum Gasteiger partial charge on any atom is 0.312 e. The van der Waals surface area contributed by atoms with Gasteiger partial charge in [0.05, 0.1) is 19.3 Å². The Hall–Kier alpha value is -0.830. The van der Waals surface area contributed by atoms with Gasteiger partial charge >= 0.3 is 5.97 Å². The van der Waals surface area contributed by atoms with E-state index in [0.717, 1.165) is 6.42 Å². The van der Waals surface area contributed by atoms with E-state index < -0.39 is 5.97 Å². The fourth-order valence-corrected chi connectivity index (χ4v) is 0.370. The van der Waals surface area contributed by atoms with Crippen LogP contribution in [0.5, 0.6) is 0 Å². The Morgan fingerprint density at radius 1 is 1.70 bits per heavy atom. The molecule has 0 aliphatic rings. The summed E-state index contributed by atoms with van der Waals surface area (Å²) in [4.78, 5) is 10.5. The molecule has 0 aromatic rings. The van der Waals surface area contributed by atoms with Crippen LogP contribution in [-0.4, -0.2) is 17.7 Å². The second-order valence-electron chi connectivity index (χ2n) is 1.74. The lowest BCUT2D eigenvalue weighted by atomic mass is 10.5. The van der Waals surface area contributed by atoms with Crippen molar-refractivity contribution in [3.05, 3.63) is 12.3 Å². The molecule has 3 nitrogen and oxygen atoms in total. The summed E-state index contributed by atoms with van der Waals surface area (Å²) >= 11 is 0. The third kappa shape index (κ3) is 5.31. The zero-order chi connectivity index (χ0) is 7.82. The first kappa shape index (κ1) is 9.17. The summed E-state index contributed by atoms with van der Waals surface area (Å²) in [5, 5.41) is 8.27. The molecule has 3 heteroatoms. The number of rotatable bonds is 4. The molecular formula is C7H12O3. The molecule has 0 fully saturated rings. The van der Waals surface area contributed by atoms with Crippen molar-refractivity contribution in [1.29, 1.82) is 0 Å². The highest BCUT2D eigenvalue weighted by Crippen LogP contribution is 1.87. The van der Waals surface area contributed by atoms with Crippen LogP contribution in [0, 0.1) is 0 Å². The molecule has 0 unspecified atom stereocenters. The summed E-state index contributed by atoms with van der Waals surface area (Å²) < 4.78 is 4.54. The summed E-state index contributed by atoms with van der Waals surface area (Å²) in [6.07, 6.45) is 3.98. The van der Waals surface area contributed by atoms with Crippen LogP contribution in [0.2, 0.25) is 0 Å². The van der Waals surface area contributed by atoms with E-state index in [1.165, 1.54) is 6.26 Å². The summed E-state index contributed by atoms with van der Waals surface area (Å²) in [6, 6.07) is 0. The third-order valence-corrected chi connectivity index (χ3v) is 0.847. The zero-order valence-corrected chi connectivity index (χ0v) is 6.04. The van der Waals surface area contributed by atoms with Crippen molar-refractivity contribution in [2.24, 2.45) is 0 Å². The van der Waals surface area contributed by atoms with Crippen molar-refractivity contribution >= 4 is 5.97 Å². The highest BCUT2D eigenvalue weighted by molar-refractivity contribution is 5.69. The predicted octanol–water partition coefficient (Wildman–Crippen LogP) is 0.836. The Bertz CT molecular complexity index is 118. The number of hydrogen-bond acceptors (Lipinski definition) is 3. The zero-order valence-electron chi connectivity index (χ0n) is 6.04. The summed E-state index contributed by atoms with van der Waals surface area (Å²) in [5.41, 5.74) is 0. The first-order chi connectivity index (χ1) is 4.81. The van der Waals surface area contributed by atoms with E-state index in [1.807, 2.05) is 6.92 Å². The minimum atomic E-state index is -0.396. The van der Waals surface area contributed by atoms with E-state index in [4.69, 9.17) is 5.11 Å². The van der Waals surface area contributed by atoms with E-state index in [0.29, 0.717) is 0 Å². The molecule has 0 spiro atoms. The second-order valence-corrected chi connectivity index (χ2v) is 1.74. The van der Waals surface area contributed by atoms with Crippen LogP contribution in [0.4, 0.5) is 0 Å². The summed E-state index contributed by atoms with van der Waals surface area (Å²) in [5.74, 6) is -0.396. The Labute approximate surface area is 60.3 Å². The van der Waals surface area contributed by atoms with Crippen molar-refractivity contribution in [2.45, 2.75) is 19.8 Å². The minimum absolute atomic E-state index is 0.0635. The SMILES string of the molecule is CCC=COC(=O)CCO.